The van der Waals surface area contributed by atoms with Crippen molar-refractivity contribution < 1.29 is 4.79 Å². The van der Waals surface area contributed by atoms with Gasteiger partial charge in [-0.15, -0.1) is 0 Å². The van der Waals surface area contributed by atoms with Gasteiger partial charge in [0.2, 0.25) is 0 Å². The lowest BCUT2D eigenvalue weighted by molar-refractivity contribution is -0.109. The van der Waals surface area contributed by atoms with E-state index in [1.165, 1.54) is 0 Å². The Hall–Kier alpha value is -0.370. The molecule has 1 fully saturated rings. The third-order valence-electron chi connectivity index (χ3n) is 0.454. The van der Waals surface area contributed by atoms with Gasteiger partial charge in [0.25, 0.3) is 0 Å². The summed E-state index contributed by atoms with van der Waals surface area (Å²) in [4.78, 5) is 11.6. The Balaban J connectivity index is 0.000000122. The van der Waals surface area contributed by atoms with Crippen LogP contribution in [0, 0.1) is 0 Å². The lowest BCUT2D eigenvalue weighted by atomic mass is 10.9. The zero-order chi connectivity index (χ0) is 6.57. The minimum absolute atomic E-state index is 0.417. The van der Waals surface area contributed by atoms with Gasteiger partial charge in [-0.1, -0.05) is 0 Å². The van der Waals surface area contributed by atoms with Crippen LogP contribution in [0.2, 0.25) is 0 Å². The second-order valence-corrected chi connectivity index (χ2v) is 2.38. The molecule has 0 bridgehead atoms. The number of hydrogen-bond donors (Lipinski definition) is 0. The van der Waals surface area contributed by atoms with Crippen LogP contribution >= 0.6 is 0 Å². The van der Waals surface area contributed by atoms with E-state index in [4.69, 9.17) is 0 Å². The molecule has 0 N–H and O–H groups in total. The van der Waals surface area contributed by atoms with Gasteiger partial charge in [0.1, 0.15) is 5.78 Å². The maximum absolute atomic E-state index is 9.56. The summed E-state index contributed by atoms with van der Waals surface area (Å²) in [6, 6.07) is 0. The molecule has 0 atom stereocenters. The predicted molar refractivity (Wildman–Crippen MR) is 33.9 cm³/mol. The second kappa shape index (κ2) is 3.61. The van der Waals surface area contributed by atoms with Crippen LogP contribution in [0.5, 0.6) is 0 Å². The van der Waals surface area contributed by atoms with Crippen LogP contribution in [0.4, 0.5) is 0 Å². The molecule has 8 heavy (non-hydrogen) atoms. The molecule has 0 spiro atoms. The van der Waals surface area contributed by atoms with E-state index in [-0.39, 0.29) is 0 Å². The Morgan fingerprint density at radius 1 is 1.25 bits per heavy atom. The van der Waals surface area contributed by atoms with E-state index in [9.17, 15) is 4.79 Å². The van der Waals surface area contributed by atoms with Crippen LogP contribution in [0.25, 0.3) is 0 Å². The lowest BCUT2D eigenvalue weighted by Gasteiger charge is -1.90. The SMILES string of the molecule is CN(C)C.O=C1CC1. The fraction of sp³-hybridized carbons (Fsp3) is 0.833. The molecule has 0 aromatic heterocycles. The Bertz CT molecular complexity index is 69.8. The average molecular weight is 115 g/mol. The molecule has 0 aliphatic heterocycles. The van der Waals surface area contributed by atoms with Crippen molar-refractivity contribution in [3.05, 3.63) is 0 Å². The Kier molecular flexibility index (Phi) is 3.44. The third-order valence-corrected chi connectivity index (χ3v) is 0.454. The van der Waals surface area contributed by atoms with Crippen molar-refractivity contribution in [2.24, 2.45) is 0 Å². The van der Waals surface area contributed by atoms with Crippen molar-refractivity contribution in [1.82, 2.24) is 4.90 Å². The van der Waals surface area contributed by atoms with Crippen molar-refractivity contribution in [1.29, 1.82) is 0 Å². The second-order valence-electron chi connectivity index (χ2n) is 2.38. The molecule has 1 aliphatic carbocycles. The molecule has 0 radical (unpaired) electrons. The molecule has 0 aromatic rings. The molecule has 2 heteroatoms. The molecule has 0 unspecified atom stereocenters. The van der Waals surface area contributed by atoms with Gasteiger partial charge in [0, 0.05) is 12.8 Å². The maximum Gasteiger partial charge on any atom is 0.133 e. The Labute approximate surface area is 50.5 Å². The Morgan fingerprint density at radius 3 is 1.38 bits per heavy atom. The first kappa shape index (κ1) is 7.63. The fourth-order valence-electron chi connectivity index (χ4n) is 0.0510. The van der Waals surface area contributed by atoms with Crippen molar-refractivity contribution >= 4 is 5.78 Å². The van der Waals surface area contributed by atoms with Crippen molar-refractivity contribution in [3.8, 4) is 0 Å². The summed E-state index contributed by atoms with van der Waals surface area (Å²) in [5.74, 6) is 0.417. The minimum Gasteiger partial charge on any atom is -0.312 e. The van der Waals surface area contributed by atoms with Gasteiger partial charge < -0.3 is 4.90 Å². The fourth-order valence-corrected chi connectivity index (χ4v) is 0.0510. The topological polar surface area (TPSA) is 20.3 Å². The quantitative estimate of drug-likeness (QED) is 0.459. The molecule has 1 rings (SSSR count). The summed E-state index contributed by atoms with van der Waals surface area (Å²) in [6.45, 7) is 0. The molecule has 2 nitrogen and oxygen atoms in total. The van der Waals surface area contributed by atoms with Crippen LogP contribution in [-0.4, -0.2) is 31.8 Å². The van der Waals surface area contributed by atoms with Gasteiger partial charge in [0.05, 0.1) is 0 Å². The van der Waals surface area contributed by atoms with E-state index in [1.807, 2.05) is 26.0 Å². The van der Waals surface area contributed by atoms with Crippen LogP contribution in [-0.2, 0) is 4.79 Å². The van der Waals surface area contributed by atoms with E-state index < -0.39 is 0 Å². The van der Waals surface area contributed by atoms with Gasteiger partial charge in [-0.25, -0.2) is 0 Å². The van der Waals surface area contributed by atoms with Crippen molar-refractivity contribution in [2.45, 2.75) is 12.8 Å². The molecule has 0 amide bonds. The van der Waals surface area contributed by atoms with E-state index in [0.29, 0.717) is 5.78 Å². The number of hydrogen-bond acceptors (Lipinski definition) is 2. The predicted octanol–water partition coefficient (Wildman–Crippen LogP) is 0.527. The van der Waals surface area contributed by atoms with Gasteiger partial charge in [-0.05, 0) is 21.1 Å². The first-order valence-corrected chi connectivity index (χ1v) is 2.75. The van der Waals surface area contributed by atoms with E-state index in [2.05, 4.69) is 0 Å². The first-order valence-electron chi connectivity index (χ1n) is 2.75. The van der Waals surface area contributed by atoms with Gasteiger partial charge in [-0.3, -0.25) is 4.79 Å². The van der Waals surface area contributed by atoms with Gasteiger partial charge in [-0.2, -0.15) is 0 Å². The monoisotopic (exact) mass is 115 g/mol. The van der Waals surface area contributed by atoms with E-state index in [1.54, 1.807) is 0 Å². The van der Waals surface area contributed by atoms with Crippen LogP contribution in [0.1, 0.15) is 12.8 Å². The first-order chi connectivity index (χ1) is 3.63. The van der Waals surface area contributed by atoms with E-state index >= 15 is 0 Å². The number of carbonyl (C=O) groups is 1. The number of nitrogens with zero attached hydrogens (tertiary/aromatic N) is 1. The standard InChI is InChI=1S/C3H9N.C3H4O/c1-4(2)3;4-3-1-2-3/h1-3H3;1-2H2. The molecule has 1 aliphatic rings. The smallest absolute Gasteiger partial charge is 0.133 e. The minimum atomic E-state index is 0.417. The highest BCUT2D eigenvalue weighted by Crippen LogP contribution is 2.08. The number of carbonyl (C=O) groups excluding carboxylic acids is 1. The van der Waals surface area contributed by atoms with Crippen molar-refractivity contribution in [2.75, 3.05) is 21.1 Å². The van der Waals surface area contributed by atoms with Crippen LogP contribution in [0.15, 0.2) is 0 Å². The maximum atomic E-state index is 9.56. The molecule has 0 heterocycles. The Morgan fingerprint density at radius 2 is 1.38 bits per heavy atom. The largest absolute Gasteiger partial charge is 0.312 e. The molecule has 48 valence electrons. The molecular weight excluding hydrogens is 102 g/mol. The summed E-state index contributed by atoms with van der Waals surface area (Å²) >= 11 is 0. The average Bonchev–Trinajstić information content (AvgIpc) is 2.19. The third kappa shape index (κ3) is 17.4. The number of ketones is 1. The zero-order valence-corrected chi connectivity index (χ0v) is 5.77. The van der Waals surface area contributed by atoms with Gasteiger partial charge in [0.15, 0.2) is 0 Å². The number of Topliss-reactive ketones (excluding diaryl/α,β-unsaturated/α-hetero) is 1. The lowest BCUT2D eigenvalue weighted by Crippen LogP contribution is -1.99. The van der Waals surface area contributed by atoms with Crippen LogP contribution < -0.4 is 0 Å². The van der Waals surface area contributed by atoms with E-state index in [0.717, 1.165) is 12.8 Å². The molecule has 0 saturated heterocycles. The molecular formula is C6H13NO. The molecule has 1 saturated carbocycles. The van der Waals surface area contributed by atoms with Crippen molar-refractivity contribution in [3.63, 3.8) is 0 Å². The summed E-state index contributed by atoms with van der Waals surface area (Å²) in [5.41, 5.74) is 0. The number of rotatable bonds is 0. The summed E-state index contributed by atoms with van der Waals surface area (Å²) in [6.07, 6.45) is 1.69. The van der Waals surface area contributed by atoms with Crippen LogP contribution in [0.3, 0.4) is 0 Å². The summed E-state index contributed by atoms with van der Waals surface area (Å²) < 4.78 is 0. The summed E-state index contributed by atoms with van der Waals surface area (Å²) in [7, 11) is 6.00. The van der Waals surface area contributed by atoms with Gasteiger partial charge >= 0.3 is 0 Å². The zero-order valence-electron chi connectivity index (χ0n) is 5.77. The highest BCUT2D eigenvalue weighted by molar-refractivity contribution is 5.92. The molecule has 0 aromatic carbocycles. The summed E-state index contributed by atoms with van der Waals surface area (Å²) in [5, 5.41) is 0. The highest BCUT2D eigenvalue weighted by atomic mass is 16.1. The highest BCUT2D eigenvalue weighted by Gasteiger charge is 2.13. The normalized spacial score (nSPS) is 15.2.